The van der Waals surface area contributed by atoms with E-state index in [-0.39, 0.29) is 20.8 Å². The molecule has 35 heavy (non-hydrogen) atoms. The van der Waals surface area contributed by atoms with Gasteiger partial charge in [0.15, 0.2) is 0 Å². The number of anilines is 1. The van der Waals surface area contributed by atoms with Crippen molar-refractivity contribution >= 4 is 49.2 Å². The van der Waals surface area contributed by atoms with Crippen molar-refractivity contribution < 1.29 is 17.9 Å². The SMILES string of the molecule is CCS(=O)(=O)c1nnc(NC(=O)C(C#N)=Cc2cn(CCOc3ccccc3)c3ccccc23)s1. The molecule has 0 aliphatic rings. The predicted molar refractivity (Wildman–Crippen MR) is 134 cm³/mol. The van der Waals surface area contributed by atoms with Crippen LogP contribution in [0.1, 0.15) is 12.5 Å². The van der Waals surface area contributed by atoms with E-state index in [9.17, 15) is 18.5 Å². The number of hydrogen-bond donors (Lipinski definition) is 1. The second-order valence-corrected chi connectivity index (χ2v) is 10.8. The lowest BCUT2D eigenvalue weighted by atomic mass is 10.1. The van der Waals surface area contributed by atoms with Gasteiger partial charge in [0, 0.05) is 22.7 Å². The number of carbonyl (C=O) groups is 1. The first-order valence-electron chi connectivity index (χ1n) is 10.7. The number of nitrogens with zero attached hydrogens (tertiary/aromatic N) is 4. The number of carbonyl (C=O) groups excluding carboxylic acids is 1. The Balaban J connectivity index is 1.54. The Morgan fingerprint density at radius 2 is 1.91 bits per heavy atom. The van der Waals surface area contributed by atoms with E-state index in [2.05, 4.69) is 15.5 Å². The molecule has 0 aliphatic carbocycles. The molecule has 0 saturated carbocycles. The van der Waals surface area contributed by atoms with Crippen LogP contribution >= 0.6 is 11.3 Å². The average Bonchev–Trinajstić information content (AvgIpc) is 3.48. The molecule has 178 valence electrons. The fraction of sp³-hybridized carbons (Fsp3) is 0.167. The van der Waals surface area contributed by atoms with Gasteiger partial charge in [0.2, 0.25) is 19.3 Å². The van der Waals surface area contributed by atoms with Gasteiger partial charge < -0.3 is 9.30 Å². The Kier molecular flexibility index (Phi) is 7.24. The summed E-state index contributed by atoms with van der Waals surface area (Å²) in [6.45, 7) is 2.50. The monoisotopic (exact) mass is 507 g/mol. The Labute approximate surface area is 206 Å². The number of ether oxygens (including phenoxy) is 1. The van der Waals surface area contributed by atoms with E-state index >= 15 is 0 Å². The van der Waals surface area contributed by atoms with E-state index in [1.165, 1.54) is 13.0 Å². The van der Waals surface area contributed by atoms with E-state index in [0.29, 0.717) is 18.7 Å². The van der Waals surface area contributed by atoms with Crippen LogP contribution in [0.25, 0.3) is 17.0 Å². The molecule has 0 radical (unpaired) electrons. The van der Waals surface area contributed by atoms with Gasteiger partial charge in [-0.2, -0.15) is 5.26 Å². The maximum atomic E-state index is 12.7. The Bertz CT molecular complexity index is 1530. The minimum Gasteiger partial charge on any atom is -0.492 e. The van der Waals surface area contributed by atoms with Crippen LogP contribution in [0, 0.1) is 11.3 Å². The Hall–Kier alpha value is -4.01. The summed E-state index contributed by atoms with van der Waals surface area (Å²) in [5, 5.41) is 20.3. The van der Waals surface area contributed by atoms with Crippen molar-refractivity contribution in [2.75, 3.05) is 17.7 Å². The van der Waals surface area contributed by atoms with Crippen molar-refractivity contribution in [1.29, 1.82) is 5.26 Å². The topological polar surface area (TPSA) is 127 Å². The number of aromatic nitrogens is 3. The van der Waals surface area contributed by atoms with Gasteiger partial charge in [0.1, 0.15) is 24.0 Å². The Morgan fingerprint density at radius 1 is 1.17 bits per heavy atom. The second-order valence-electron chi connectivity index (χ2n) is 7.36. The van der Waals surface area contributed by atoms with Gasteiger partial charge in [0.25, 0.3) is 5.91 Å². The summed E-state index contributed by atoms with van der Waals surface area (Å²) in [6.07, 6.45) is 3.36. The molecule has 4 rings (SSSR count). The highest BCUT2D eigenvalue weighted by Gasteiger charge is 2.20. The smallest absolute Gasteiger partial charge is 0.268 e. The van der Waals surface area contributed by atoms with Crippen molar-refractivity contribution in [3.05, 3.63) is 71.9 Å². The average molecular weight is 508 g/mol. The zero-order valence-corrected chi connectivity index (χ0v) is 20.3. The fourth-order valence-electron chi connectivity index (χ4n) is 3.33. The molecule has 9 nitrogen and oxygen atoms in total. The van der Waals surface area contributed by atoms with Crippen molar-refractivity contribution in [2.45, 2.75) is 17.8 Å². The molecule has 2 heterocycles. The van der Waals surface area contributed by atoms with Gasteiger partial charge in [-0.15, -0.1) is 10.2 Å². The summed E-state index contributed by atoms with van der Waals surface area (Å²) < 4.78 is 31.5. The molecule has 4 aromatic rings. The van der Waals surface area contributed by atoms with Crippen molar-refractivity contribution in [1.82, 2.24) is 14.8 Å². The van der Waals surface area contributed by atoms with E-state index in [1.807, 2.05) is 71.4 Å². The minimum absolute atomic E-state index is 0.00339. The summed E-state index contributed by atoms with van der Waals surface area (Å²) in [7, 11) is -3.53. The predicted octanol–water partition coefficient (Wildman–Crippen LogP) is 3.91. The number of rotatable bonds is 9. The van der Waals surface area contributed by atoms with E-state index in [1.54, 1.807) is 0 Å². The molecule has 1 N–H and O–H groups in total. The van der Waals surface area contributed by atoms with Crippen molar-refractivity contribution in [3.63, 3.8) is 0 Å². The van der Waals surface area contributed by atoms with Crippen LogP contribution in [0.3, 0.4) is 0 Å². The van der Waals surface area contributed by atoms with Crippen molar-refractivity contribution in [2.24, 2.45) is 0 Å². The van der Waals surface area contributed by atoms with E-state index in [0.717, 1.165) is 28.0 Å². The highest BCUT2D eigenvalue weighted by Crippen LogP contribution is 2.25. The lowest BCUT2D eigenvalue weighted by Crippen LogP contribution is -2.13. The normalized spacial score (nSPS) is 11.8. The minimum atomic E-state index is -3.53. The van der Waals surface area contributed by atoms with Crippen LogP contribution in [0.15, 0.2) is 70.7 Å². The molecule has 2 aromatic carbocycles. The first-order valence-corrected chi connectivity index (χ1v) is 13.1. The van der Waals surface area contributed by atoms with Crippen LogP contribution in [0.4, 0.5) is 5.13 Å². The lowest BCUT2D eigenvalue weighted by molar-refractivity contribution is -0.112. The van der Waals surface area contributed by atoms with Gasteiger partial charge in [-0.1, -0.05) is 54.7 Å². The molecule has 0 spiro atoms. The third-order valence-electron chi connectivity index (χ3n) is 5.10. The molecule has 0 bridgehead atoms. The number of nitriles is 1. The molecule has 2 aromatic heterocycles. The highest BCUT2D eigenvalue weighted by molar-refractivity contribution is 7.93. The molecule has 0 fully saturated rings. The van der Waals surface area contributed by atoms with Crippen LogP contribution in [-0.4, -0.2) is 41.4 Å². The van der Waals surface area contributed by atoms with Crippen LogP contribution in [-0.2, 0) is 21.2 Å². The molecule has 1 amide bonds. The number of sulfone groups is 1. The maximum absolute atomic E-state index is 12.7. The third-order valence-corrected chi connectivity index (χ3v) is 8.12. The van der Waals surface area contributed by atoms with Crippen molar-refractivity contribution in [3.8, 4) is 11.8 Å². The molecular formula is C24H21N5O4S2. The van der Waals surface area contributed by atoms with E-state index in [4.69, 9.17) is 4.74 Å². The first-order chi connectivity index (χ1) is 16.9. The van der Waals surface area contributed by atoms with Gasteiger partial charge in [0.05, 0.1) is 12.3 Å². The van der Waals surface area contributed by atoms with Gasteiger partial charge in [-0.25, -0.2) is 8.42 Å². The first kappa shape index (κ1) is 24.1. The zero-order chi connectivity index (χ0) is 24.8. The lowest BCUT2D eigenvalue weighted by Gasteiger charge is -2.08. The van der Waals surface area contributed by atoms with E-state index < -0.39 is 15.7 Å². The van der Waals surface area contributed by atoms with Crippen LogP contribution < -0.4 is 10.1 Å². The summed E-state index contributed by atoms with van der Waals surface area (Å²) in [5.41, 5.74) is 1.48. The second kappa shape index (κ2) is 10.5. The summed E-state index contributed by atoms with van der Waals surface area (Å²) in [4.78, 5) is 12.7. The highest BCUT2D eigenvalue weighted by atomic mass is 32.2. The summed E-state index contributed by atoms with van der Waals surface area (Å²) in [6, 6.07) is 19.1. The molecule has 0 saturated heterocycles. The molecule has 0 atom stereocenters. The largest absolute Gasteiger partial charge is 0.492 e. The number of nitrogens with one attached hydrogen (secondary N) is 1. The van der Waals surface area contributed by atoms with Crippen LogP contribution in [0.5, 0.6) is 5.75 Å². The number of para-hydroxylation sites is 2. The number of hydrogen-bond acceptors (Lipinski definition) is 8. The zero-order valence-electron chi connectivity index (χ0n) is 18.7. The van der Waals surface area contributed by atoms with Gasteiger partial charge in [-0.05, 0) is 24.3 Å². The summed E-state index contributed by atoms with van der Waals surface area (Å²) >= 11 is 0.744. The third kappa shape index (κ3) is 5.56. The Morgan fingerprint density at radius 3 is 2.66 bits per heavy atom. The fourth-order valence-corrected chi connectivity index (χ4v) is 5.31. The number of benzene rings is 2. The number of amides is 1. The standard InChI is InChI=1S/C24H21N5O4S2/c1-2-35(31,32)24-28-27-23(34-24)26-22(30)17(15-25)14-18-16-29(21-11-7-6-10-20(18)21)12-13-33-19-8-4-3-5-9-19/h3-11,14,16H,2,12-13H2,1H3,(H,26,27,30). The molecular weight excluding hydrogens is 486 g/mol. The van der Waals surface area contributed by atoms with Crippen LogP contribution in [0.2, 0.25) is 0 Å². The maximum Gasteiger partial charge on any atom is 0.268 e. The quantitative estimate of drug-likeness (QED) is 0.207. The van der Waals surface area contributed by atoms with Gasteiger partial charge >= 0.3 is 0 Å². The summed E-state index contributed by atoms with van der Waals surface area (Å²) in [5.74, 6) is -0.0493. The molecule has 0 unspecified atom stereocenters. The number of fused-ring (bicyclic) bond motifs is 1. The molecule has 11 heteroatoms. The molecule has 0 aliphatic heterocycles. The van der Waals surface area contributed by atoms with Gasteiger partial charge in [-0.3, -0.25) is 10.1 Å².